The van der Waals surface area contributed by atoms with Gasteiger partial charge in [-0.1, -0.05) is 22.9 Å². The van der Waals surface area contributed by atoms with Crippen molar-refractivity contribution in [2.24, 2.45) is 5.73 Å². The lowest BCUT2D eigenvalue weighted by Gasteiger charge is -1.98. The third kappa shape index (κ3) is 4.67. The fourth-order valence-electron chi connectivity index (χ4n) is 1.50. The molecule has 0 fully saturated rings. The van der Waals surface area contributed by atoms with Gasteiger partial charge in [-0.3, -0.25) is 10.1 Å². The lowest BCUT2D eigenvalue weighted by molar-refractivity contribution is -0.117. The normalized spacial score (nSPS) is 10.7. The van der Waals surface area contributed by atoms with Crippen LogP contribution in [0.4, 0.5) is 0 Å². The molecule has 1 heterocycles. The van der Waals surface area contributed by atoms with E-state index in [1.165, 1.54) is 5.56 Å². The van der Waals surface area contributed by atoms with E-state index in [-0.39, 0.29) is 6.54 Å². The zero-order valence-electron chi connectivity index (χ0n) is 11.1. The Bertz CT molecular complexity index is 568. The number of thioether (sulfide) groups is 1. The van der Waals surface area contributed by atoms with Crippen molar-refractivity contribution in [2.75, 3.05) is 6.54 Å². The van der Waals surface area contributed by atoms with E-state index in [0.29, 0.717) is 24.0 Å². The molecule has 0 spiro atoms. The number of hydrogen-bond acceptors (Lipinski definition) is 6. The molecule has 1 aromatic heterocycles. The van der Waals surface area contributed by atoms with E-state index in [1.54, 1.807) is 11.8 Å². The maximum absolute atomic E-state index is 10.6. The molecule has 20 heavy (non-hydrogen) atoms. The molecule has 0 saturated carbocycles. The summed E-state index contributed by atoms with van der Waals surface area (Å²) in [6, 6.07) is 8.26. The summed E-state index contributed by atoms with van der Waals surface area (Å²) in [6.45, 7) is 2.49. The van der Waals surface area contributed by atoms with Crippen LogP contribution in [-0.4, -0.2) is 22.6 Å². The molecular weight excluding hydrogens is 276 g/mol. The van der Waals surface area contributed by atoms with Gasteiger partial charge < -0.3 is 10.3 Å². The second-order valence-electron chi connectivity index (χ2n) is 4.28. The van der Waals surface area contributed by atoms with Gasteiger partial charge in [0.05, 0.1) is 18.8 Å². The van der Waals surface area contributed by atoms with Crippen molar-refractivity contribution in [3.05, 3.63) is 41.5 Å². The quantitative estimate of drug-likeness (QED) is 0.746. The summed E-state index contributed by atoms with van der Waals surface area (Å²) >= 11 is 1.64. The van der Waals surface area contributed by atoms with Gasteiger partial charge >= 0.3 is 0 Å². The standard InChI is InChI=1S/C13H16N4O2S/c1-9-2-4-10(5-3-9)20-8-12-16-13(19-17-12)7-15-6-11(14)18/h2-5,15H,6-8H2,1H3,(H2,14,18). The number of nitrogens with two attached hydrogens (primary N) is 1. The minimum Gasteiger partial charge on any atom is -0.369 e. The van der Waals surface area contributed by atoms with E-state index >= 15 is 0 Å². The highest BCUT2D eigenvalue weighted by Gasteiger charge is 2.07. The first kappa shape index (κ1) is 14.5. The summed E-state index contributed by atoms with van der Waals surface area (Å²) in [6.07, 6.45) is 0. The number of carbonyl (C=O) groups excluding carboxylic acids is 1. The topological polar surface area (TPSA) is 94.0 Å². The summed E-state index contributed by atoms with van der Waals surface area (Å²) in [5.74, 6) is 1.31. The summed E-state index contributed by atoms with van der Waals surface area (Å²) in [5, 5.41) is 6.70. The molecule has 106 valence electrons. The number of amides is 1. The Morgan fingerprint density at radius 1 is 1.40 bits per heavy atom. The van der Waals surface area contributed by atoms with Crippen molar-refractivity contribution in [1.29, 1.82) is 0 Å². The number of nitrogens with one attached hydrogen (secondary N) is 1. The van der Waals surface area contributed by atoms with Crippen molar-refractivity contribution in [1.82, 2.24) is 15.5 Å². The first-order valence-electron chi connectivity index (χ1n) is 6.13. The van der Waals surface area contributed by atoms with Crippen molar-refractivity contribution in [3.63, 3.8) is 0 Å². The summed E-state index contributed by atoms with van der Waals surface area (Å²) < 4.78 is 5.06. The minimum atomic E-state index is -0.417. The Kier molecular flexibility index (Phi) is 5.14. The number of carbonyl (C=O) groups is 1. The molecule has 0 aliphatic heterocycles. The number of nitrogens with zero attached hydrogens (tertiary/aromatic N) is 2. The van der Waals surface area contributed by atoms with Crippen LogP contribution in [0.25, 0.3) is 0 Å². The van der Waals surface area contributed by atoms with Crippen molar-refractivity contribution < 1.29 is 9.32 Å². The van der Waals surface area contributed by atoms with E-state index in [1.807, 2.05) is 0 Å². The molecule has 7 heteroatoms. The molecule has 0 aliphatic rings. The summed E-state index contributed by atoms with van der Waals surface area (Å²) in [4.78, 5) is 16.0. The lowest BCUT2D eigenvalue weighted by atomic mass is 10.2. The molecule has 0 radical (unpaired) electrons. The summed E-state index contributed by atoms with van der Waals surface area (Å²) in [7, 11) is 0. The molecule has 2 rings (SSSR count). The van der Waals surface area contributed by atoms with Gasteiger partial charge in [0.2, 0.25) is 11.8 Å². The van der Waals surface area contributed by atoms with Crippen LogP contribution in [0, 0.1) is 6.92 Å². The highest BCUT2D eigenvalue weighted by Crippen LogP contribution is 2.21. The number of aromatic nitrogens is 2. The largest absolute Gasteiger partial charge is 0.369 e. The van der Waals surface area contributed by atoms with E-state index in [9.17, 15) is 4.79 Å². The molecule has 0 atom stereocenters. The summed E-state index contributed by atoms with van der Waals surface area (Å²) in [5.41, 5.74) is 6.25. The number of rotatable bonds is 7. The monoisotopic (exact) mass is 292 g/mol. The van der Waals surface area contributed by atoms with E-state index < -0.39 is 5.91 Å². The molecule has 3 N–H and O–H groups in total. The predicted molar refractivity (Wildman–Crippen MR) is 75.9 cm³/mol. The molecule has 0 saturated heterocycles. The first-order valence-corrected chi connectivity index (χ1v) is 7.12. The van der Waals surface area contributed by atoms with Gasteiger partial charge in [-0.25, -0.2) is 0 Å². The molecule has 6 nitrogen and oxygen atoms in total. The number of aryl methyl sites for hydroxylation is 1. The lowest BCUT2D eigenvalue weighted by Crippen LogP contribution is -2.28. The van der Waals surface area contributed by atoms with Crippen LogP contribution in [0.2, 0.25) is 0 Å². The molecule has 0 unspecified atom stereocenters. The third-order valence-corrected chi connectivity index (χ3v) is 3.48. The maximum atomic E-state index is 10.6. The SMILES string of the molecule is Cc1ccc(SCc2noc(CNCC(N)=O)n2)cc1. The average molecular weight is 292 g/mol. The molecule has 2 aromatic rings. The Morgan fingerprint density at radius 3 is 2.85 bits per heavy atom. The Hall–Kier alpha value is -1.86. The molecule has 0 aliphatic carbocycles. The van der Waals surface area contributed by atoms with Crippen LogP contribution in [0.1, 0.15) is 17.3 Å². The van der Waals surface area contributed by atoms with Gasteiger partial charge in [0.25, 0.3) is 0 Å². The zero-order chi connectivity index (χ0) is 14.4. The fourth-order valence-corrected chi connectivity index (χ4v) is 2.24. The highest BCUT2D eigenvalue weighted by atomic mass is 32.2. The third-order valence-electron chi connectivity index (χ3n) is 2.47. The molecule has 0 bridgehead atoms. The van der Waals surface area contributed by atoms with Gasteiger partial charge in [0, 0.05) is 4.90 Å². The van der Waals surface area contributed by atoms with Gasteiger partial charge in [-0.2, -0.15) is 4.98 Å². The number of primary amides is 1. The molecular formula is C13H16N4O2S. The second kappa shape index (κ2) is 7.06. The minimum absolute atomic E-state index is 0.0931. The van der Waals surface area contributed by atoms with Crippen LogP contribution in [-0.2, 0) is 17.1 Å². The Labute approximate surface area is 121 Å². The fraction of sp³-hybridized carbons (Fsp3) is 0.308. The average Bonchev–Trinajstić information content (AvgIpc) is 2.86. The smallest absolute Gasteiger partial charge is 0.240 e. The maximum Gasteiger partial charge on any atom is 0.240 e. The van der Waals surface area contributed by atoms with E-state index in [2.05, 4.69) is 46.6 Å². The van der Waals surface area contributed by atoms with Crippen LogP contribution in [0.15, 0.2) is 33.7 Å². The van der Waals surface area contributed by atoms with E-state index in [0.717, 1.165) is 4.90 Å². The van der Waals surface area contributed by atoms with Gasteiger partial charge in [0.1, 0.15) is 0 Å². The Balaban J connectivity index is 1.80. The second-order valence-corrected chi connectivity index (χ2v) is 5.32. The molecule has 1 aromatic carbocycles. The Morgan fingerprint density at radius 2 is 2.15 bits per heavy atom. The number of benzene rings is 1. The van der Waals surface area contributed by atoms with Gasteiger partial charge in [-0.05, 0) is 19.1 Å². The van der Waals surface area contributed by atoms with Crippen molar-refractivity contribution in [2.45, 2.75) is 24.1 Å². The van der Waals surface area contributed by atoms with Crippen LogP contribution >= 0.6 is 11.8 Å². The van der Waals surface area contributed by atoms with Crippen molar-refractivity contribution in [3.8, 4) is 0 Å². The zero-order valence-corrected chi connectivity index (χ0v) is 11.9. The van der Waals surface area contributed by atoms with Crippen LogP contribution in [0.5, 0.6) is 0 Å². The predicted octanol–water partition coefficient (Wildman–Crippen LogP) is 1.25. The van der Waals surface area contributed by atoms with Crippen LogP contribution < -0.4 is 11.1 Å². The van der Waals surface area contributed by atoms with Gasteiger partial charge in [-0.15, -0.1) is 11.8 Å². The van der Waals surface area contributed by atoms with Crippen LogP contribution in [0.3, 0.4) is 0 Å². The van der Waals surface area contributed by atoms with Crippen molar-refractivity contribution >= 4 is 17.7 Å². The van der Waals surface area contributed by atoms with Gasteiger partial charge in [0.15, 0.2) is 5.82 Å². The molecule has 1 amide bonds. The number of hydrogen-bond donors (Lipinski definition) is 2. The van der Waals surface area contributed by atoms with E-state index in [4.69, 9.17) is 10.3 Å². The highest BCUT2D eigenvalue weighted by molar-refractivity contribution is 7.98. The first-order chi connectivity index (χ1) is 9.63.